The molecule has 1 heterocycles. The van der Waals surface area contributed by atoms with Crippen molar-refractivity contribution in [3.8, 4) is 17.1 Å². The van der Waals surface area contributed by atoms with Gasteiger partial charge in [-0.05, 0) is 12.1 Å². The number of ether oxygens (including phenoxy) is 1. The van der Waals surface area contributed by atoms with Gasteiger partial charge in [0.25, 0.3) is 0 Å². The van der Waals surface area contributed by atoms with Gasteiger partial charge < -0.3 is 9.84 Å². The summed E-state index contributed by atoms with van der Waals surface area (Å²) < 4.78 is 43.6. The molecule has 8 heteroatoms. The number of methoxy groups -OCH3 is 1. The Morgan fingerprint density at radius 2 is 1.90 bits per heavy atom. The third-order valence-corrected chi connectivity index (χ3v) is 2.69. The van der Waals surface area contributed by atoms with Gasteiger partial charge in [-0.1, -0.05) is 18.2 Å². The van der Waals surface area contributed by atoms with Gasteiger partial charge in [-0.3, -0.25) is 0 Å². The van der Waals surface area contributed by atoms with E-state index in [2.05, 4.69) is 10.2 Å². The second-order valence-electron chi connectivity index (χ2n) is 4.00. The van der Waals surface area contributed by atoms with Crippen molar-refractivity contribution in [1.82, 2.24) is 10.2 Å². The zero-order chi connectivity index (χ0) is 15.6. The quantitative estimate of drug-likeness (QED) is 0.943. The number of alkyl halides is 3. The Morgan fingerprint density at radius 3 is 2.48 bits per heavy atom. The molecule has 0 saturated heterocycles. The van der Waals surface area contributed by atoms with Crippen molar-refractivity contribution in [2.45, 2.75) is 6.18 Å². The molecule has 110 valence electrons. The molecular weight excluding hydrogens is 289 g/mol. The highest BCUT2D eigenvalue weighted by atomic mass is 19.4. The van der Waals surface area contributed by atoms with Crippen LogP contribution in [0.2, 0.25) is 0 Å². The minimum atomic E-state index is -4.58. The van der Waals surface area contributed by atoms with Crippen LogP contribution in [-0.2, 0) is 6.18 Å². The molecule has 2 aromatic rings. The number of halogens is 3. The molecule has 1 N–H and O–H groups in total. The van der Waals surface area contributed by atoms with Crippen molar-refractivity contribution in [2.75, 3.05) is 7.11 Å². The summed E-state index contributed by atoms with van der Waals surface area (Å²) in [5.41, 5.74) is -1.72. The molecule has 0 radical (unpaired) electrons. The van der Waals surface area contributed by atoms with E-state index in [4.69, 9.17) is 9.84 Å². The lowest BCUT2D eigenvalue weighted by Crippen LogP contribution is -2.09. The topological polar surface area (TPSA) is 72.3 Å². The molecule has 1 aromatic carbocycles. The SMILES string of the molecule is COc1nnc(-c2ccccc2C(F)(F)F)cc1C(=O)O. The maximum Gasteiger partial charge on any atom is 0.417 e. The molecule has 0 aliphatic rings. The van der Waals surface area contributed by atoms with Crippen LogP contribution in [0.3, 0.4) is 0 Å². The first-order valence-corrected chi connectivity index (χ1v) is 5.66. The molecule has 0 atom stereocenters. The van der Waals surface area contributed by atoms with Crippen molar-refractivity contribution in [3.63, 3.8) is 0 Å². The molecule has 0 bridgehead atoms. The smallest absolute Gasteiger partial charge is 0.417 e. The number of hydrogen-bond donors (Lipinski definition) is 1. The third-order valence-electron chi connectivity index (χ3n) is 2.69. The number of nitrogens with zero attached hydrogens (tertiary/aromatic N) is 2. The van der Waals surface area contributed by atoms with Gasteiger partial charge in [0.15, 0.2) is 0 Å². The maximum atomic E-state index is 12.9. The van der Waals surface area contributed by atoms with E-state index in [1.807, 2.05) is 0 Å². The summed E-state index contributed by atoms with van der Waals surface area (Å²) in [6.45, 7) is 0. The molecule has 2 rings (SSSR count). The third kappa shape index (κ3) is 2.93. The van der Waals surface area contributed by atoms with Crippen LogP contribution in [-0.4, -0.2) is 28.4 Å². The highest BCUT2D eigenvalue weighted by molar-refractivity contribution is 5.91. The Hall–Kier alpha value is -2.64. The van der Waals surface area contributed by atoms with Crippen LogP contribution in [0.4, 0.5) is 13.2 Å². The molecule has 0 fully saturated rings. The monoisotopic (exact) mass is 298 g/mol. The predicted octanol–water partition coefficient (Wildman–Crippen LogP) is 2.87. The van der Waals surface area contributed by atoms with Crippen LogP contribution in [0.1, 0.15) is 15.9 Å². The van der Waals surface area contributed by atoms with E-state index in [9.17, 15) is 18.0 Å². The molecular formula is C13H9F3N2O3. The van der Waals surface area contributed by atoms with Crippen LogP contribution in [0.5, 0.6) is 5.88 Å². The number of benzene rings is 1. The predicted molar refractivity (Wildman–Crippen MR) is 66.0 cm³/mol. The van der Waals surface area contributed by atoms with Gasteiger partial charge in [0.05, 0.1) is 18.4 Å². The molecule has 0 spiro atoms. The largest absolute Gasteiger partial charge is 0.479 e. The standard InChI is InChI=1S/C13H9F3N2O3/c1-21-11-8(12(19)20)6-10(17-18-11)7-4-2-3-5-9(7)13(14,15)16/h2-6H,1H3,(H,19,20). The van der Waals surface area contributed by atoms with E-state index in [0.29, 0.717) is 0 Å². The van der Waals surface area contributed by atoms with Gasteiger partial charge in [0, 0.05) is 5.56 Å². The first kappa shape index (κ1) is 14.8. The van der Waals surface area contributed by atoms with Crippen molar-refractivity contribution >= 4 is 5.97 Å². The van der Waals surface area contributed by atoms with E-state index in [0.717, 1.165) is 12.1 Å². The van der Waals surface area contributed by atoms with Gasteiger partial charge in [-0.25, -0.2) is 4.79 Å². The Morgan fingerprint density at radius 1 is 1.24 bits per heavy atom. The summed E-state index contributed by atoms with van der Waals surface area (Å²) in [7, 11) is 1.19. The van der Waals surface area contributed by atoms with Crippen molar-refractivity contribution in [1.29, 1.82) is 0 Å². The molecule has 0 aliphatic heterocycles. The van der Waals surface area contributed by atoms with Crippen LogP contribution in [0.15, 0.2) is 30.3 Å². The normalized spacial score (nSPS) is 11.2. The first-order chi connectivity index (χ1) is 9.84. The second-order valence-corrected chi connectivity index (χ2v) is 4.00. The number of carbonyl (C=O) groups is 1. The molecule has 5 nitrogen and oxygen atoms in total. The van der Waals surface area contributed by atoms with Gasteiger partial charge >= 0.3 is 12.1 Å². The lowest BCUT2D eigenvalue weighted by Gasteiger charge is -2.12. The van der Waals surface area contributed by atoms with Gasteiger partial charge in [-0.2, -0.15) is 13.2 Å². The van der Waals surface area contributed by atoms with Crippen LogP contribution < -0.4 is 4.74 Å². The Bertz CT molecular complexity index is 687. The van der Waals surface area contributed by atoms with E-state index in [1.165, 1.54) is 25.3 Å². The minimum Gasteiger partial charge on any atom is -0.479 e. The van der Waals surface area contributed by atoms with Crippen LogP contribution in [0.25, 0.3) is 11.3 Å². The maximum absolute atomic E-state index is 12.9. The number of aromatic nitrogens is 2. The molecule has 21 heavy (non-hydrogen) atoms. The summed E-state index contributed by atoms with van der Waals surface area (Å²) >= 11 is 0. The van der Waals surface area contributed by atoms with Gasteiger partial charge in [0.1, 0.15) is 5.56 Å². The zero-order valence-electron chi connectivity index (χ0n) is 10.7. The molecule has 1 aromatic heterocycles. The van der Waals surface area contributed by atoms with Gasteiger partial charge in [0.2, 0.25) is 5.88 Å². The average molecular weight is 298 g/mol. The van der Waals surface area contributed by atoms with Gasteiger partial charge in [-0.15, -0.1) is 10.2 Å². The van der Waals surface area contributed by atoms with Crippen molar-refractivity contribution in [2.24, 2.45) is 0 Å². The number of aromatic carboxylic acids is 1. The fraction of sp³-hybridized carbons (Fsp3) is 0.154. The summed E-state index contributed by atoms with van der Waals surface area (Å²) in [5, 5.41) is 16.1. The number of hydrogen-bond acceptors (Lipinski definition) is 4. The van der Waals surface area contributed by atoms with E-state index in [1.54, 1.807) is 0 Å². The highest BCUT2D eigenvalue weighted by Gasteiger charge is 2.34. The lowest BCUT2D eigenvalue weighted by molar-refractivity contribution is -0.137. The first-order valence-electron chi connectivity index (χ1n) is 5.66. The van der Waals surface area contributed by atoms with Crippen LogP contribution >= 0.6 is 0 Å². The fourth-order valence-corrected chi connectivity index (χ4v) is 1.77. The Kier molecular flexibility index (Phi) is 3.79. The average Bonchev–Trinajstić information content (AvgIpc) is 2.45. The second kappa shape index (κ2) is 5.39. The zero-order valence-corrected chi connectivity index (χ0v) is 10.7. The van der Waals surface area contributed by atoms with Crippen molar-refractivity contribution in [3.05, 3.63) is 41.5 Å². The number of rotatable bonds is 3. The molecule has 0 aliphatic carbocycles. The number of carboxylic acid groups (broad SMARTS) is 1. The Balaban J connectivity index is 2.63. The molecule has 0 unspecified atom stereocenters. The minimum absolute atomic E-state index is 0.193. The Labute approximate surface area is 117 Å². The molecule has 0 saturated carbocycles. The highest BCUT2D eigenvalue weighted by Crippen LogP contribution is 2.36. The summed E-state index contributed by atoms with van der Waals surface area (Å²) in [6, 6.07) is 5.73. The van der Waals surface area contributed by atoms with Crippen LogP contribution in [0, 0.1) is 0 Å². The fourth-order valence-electron chi connectivity index (χ4n) is 1.77. The summed E-state index contributed by atoms with van der Waals surface area (Å²) in [6.07, 6.45) is -4.58. The molecule has 0 amide bonds. The van der Waals surface area contributed by atoms with E-state index >= 15 is 0 Å². The summed E-state index contributed by atoms with van der Waals surface area (Å²) in [4.78, 5) is 11.1. The lowest BCUT2D eigenvalue weighted by atomic mass is 10.0. The number of carboxylic acids is 1. The van der Waals surface area contributed by atoms with Crippen molar-refractivity contribution < 1.29 is 27.8 Å². The van der Waals surface area contributed by atoms with E-state index < -0.39 is 17.7 Å². The summed E-state index contributed by atoms with van der Waals surface area (Å²) in [5.74, 6) is -1.64. The van der Waals surface area contributed by atoms with E-state index in [-0.39, 0.29) is 22.7 Å².